The van der Waals surface area contributed by atoms with Crippen LogP contribution in [0.3, 0.4) is 0 Å². The van der Waals surface area contributed by atoms with Crippen molar-refractivity contribution in [3.63, 3.8) is 0 Å². The molecule has 1 unspecified atom stereocenters. The molecule has 0 N–H and O–H groups in total. The van der Waals surface area contributed by atoms with E-state index in [0.717, 1.165) is 6.61 Å². The number of ether oxygens (including phenoxy) is 1. The van der Waals surface area contributed by atoms with E-state index >= 15 is 0 Å². The molecule has 0 amide bonds. The van der Waals surface area contributed by atoms with Gasteiger partial charge in [-0.1, -0.05) is 45.0 Å². The van der Waals surface area contributed by atoms with E-state index in [2.05, 4.69) is 52.0 Å². The molecule has 0 aromatic heterocycles. The van der Waals surface area contributed by atoms with Gasteiger partial charge in [0, 0.05) is 0 Å². The summed E-state index contributed by atoms with van der Waals surface area (Å²) in [5.41, 5.74) is 2.93. The predicted molar refractivity (Wildman–Crippen MR) is 58.4 cm³/mol. The number of benzene rings is 1. The van der Waals surface area contributed by atoms with Crippen LogP contribution in [0.15, 0.2) is 24.3 Å². The summed E-state index contributed by atoms with van der Waals surface area (Å²) in [6.45, 7) is 9.70. The topological polar surface area (TPSA) is 12.5 Å². The van der Waals surface area contributed by atoms with Gasteiger partial charge in [0.2, 0.25) is 0 Å². The van der Waals surface area contributed by atoms with E-state index < -0.39 is 0 Å². The van der Waals surface area contributed by atoms with Crippen molar-refractivity contribution in [1.82, 2.24) is 0 Å². The van der Waals surface area contributed by atoms with Gasteiger partial charge in [0.15, 0.2) is 0 Å². The molecule has 0 aliphatic carbocycles. The zero-order valence-corrected chi connectivity index (χ0v) is 9.42. The smallest absolute Gasteiger partial charge is 0.114 e. The van der Waals surface area contributed by atoms with Gasteiger partial charge in [-0.3, -0.25) is 0 Å². The molecule has 14 heavy (non-hydrogen) atoms. The molecule has 1 atom stereocenters. The van der Waals surface area contributed by atoms with Crippen LogP contribution in [0, 0.1) is 0 Å². The summed E-state index contributed by atoms with van der Waals surface area (Å²) in [7, 11) is 0. The van der Waals surface area contributed by atoms with Crippen LogP contribution in [0.2, 0.25) is 0 Å². The third-order valence-corrected chi connectivity index (χ3v) is 2.94. The van der Waals surface area contributed by atoms with Gasteiger partial charge in [-0.05, 0) is 23.5 Å². The summed E-state index contributed by atoms with van der Waals surface area (Å²) < 4.78 is 5.41. The Morgan fingerprint density at radius 3 is 2.00 bits per heavy atom. The highest BCUT2D eigenvalue weighted by Crippen LogP contribution is 2.38. The third-order valence-electron chi connectivity index (χ3n) is 2.94. The van der Waals surface area contributed by atoms with Crippen LogP contribution < -0.4 is 0 Å². The first-order chi connectivity index (χ1) is 6.42. The second kappa shape index (κ2) is 2.83. The van der Waals surface area contributed by atoms with Crippen LogP contribution >= 0.6 is 0 Å². The molecule has 1 aromatic rings. The zero-order valence-electron chi connectivity index (χ0n) is 9.42. The molecule has 1 saturated heterocycles. The summed E-state index contributed by atoms with van der Waals surface area (Å²) >= 11 is 0. The molecule has 0 bridgehead atoms. The monoisotopic (exact) mass is 190 g/mol. The first-order valence-corrected chi connectivity index (χ1v) is 5.17. The number of rotatable bonds is 1. The van der Waals surface area contributed by atoms with Gasteiger partial charge in [0.05, 0.1) is 6.61 Å². The highest BCUT2D eigenvalue weighted by atomic mass is 16.6. The maximum absolute atomic E-state index is 5.41. The summed E-state index contributed by atoms with van der Waals surface area (Å²) in [6, 6.07) is 8.80. The normalized spacial score (nSPS) is 26.3. The van der Waals surface area contributed by atoms with E-state index in [0.29, 0.717) is 0 Å². The van der Waals surface area contributed by atoms with Gasteiger partial charge < -0.3 is 4.74 Å². The molecular formula is C13H18O. The average molecular weight is 190 g/mol. The molecule has 2 rings (SSSR count). The van der Waals surface area contributed by atoms with Gasteiger partial charge in [-0.25, -0.2) is 0 Å². The molecule has 0 spiro atoms. The SMILES string of the molecule is CC(C)(C)c1ccc(C2(C)CO2)cc1. The average Bonchev–Trinajstić information content (AvgIpc) is 2.84. The fourth-order valence-corrected chi connectivity index (χ4v) is 1.60. The highest BCUT2D eigenvalue weighted by Gasteiger charge is 2.40. The lowest BCUT2D eigenvalue weighted by atomic mass is 9.86. The van der Waals surface area contributed by atoms with Gasteiger partial charge in [-0.15, -0.1) is 0 Å². The Morgan fingerprint density at radius 1 is 1.14 bits per heavy atom. The summed E-state index contributed by atoms with van der Waals surface area (Å²) in [4.78, 5) is 0. The molecule has 1 heteroatoms. The van der Waals surface area contributed by atoms with E-state index in [-0.39, 0.29) is 11.0 Å². The van der Waals surface area contributed by atoms with Crippen LogP contribution in [0.1, 0.15) is 38.8 Å². The molecule has 1 nitrogen and oxygen atoms in total. The molecule has 1 fully saturated rings. The Morgan fingerprint density at radius 2 is 1.64 bits per heavy atom. The van der Waals surface area contributed by atoms with Crippen molar-refractivity contribution in [3.8, 4) is 0 Å². The number of epoxide rings is 1. The largest absolute Gasteiger partial charge is 0.365 e. The van der Waals surface area contributed by atoms with Crippen LogP contribution in [0.4, 0.5) is 0 Å². The summed E-state index contributed by atoms with van der Waals surface area (Å²) in [5, 5.41) is 0. The number of hydrogen-bond acceptors (Lipinski definition) is 1. The Kier molecular flexibility index (Phi) is 1.97. The highest BCUT2D eigenvalue weighted by molar-refractivity contribution is 5.32. The minimum Gasteiger partial charge on any atom is -0.365 e. The Balaban J connectivity index is 2.27. The molecular weight excluding hydrogens is 172 g/mol. The lowest BCUT2D eigenvalue weighted by Gasteiger charge is -2.19. The van der Waals surface area contributed by atoms with Crippen molar-refractivity contribution in [2.45, 2.75) is 38.7 Å². The minimum absolute atomic E-state index is 0.0103. The van der Waals surface area contributed by atoms with Crippen LogP contribution in [0.5, 0.6) is 0 Å². The van der Waals surface area contributed by atoms with Gasteiger partial charge in [-0.2, -0.15) is 0 Å². The Labute approximate surface area is 86.1 Å². The minimum atomic E-state index is 0.0103. The van der Waals surface area contributed by atoms with Crippen molar-refractivity contribution in [1.29, 1.82) is 0 Å². The second-order valence-corrected chi connectivity index (χ2v) is 5.35. The van der Waals surface area contributed by atoms with Gasteiger partial charge in [0.25, 0.3) is 0 Å². The molecule has 0 saturated carbocycles. The van der Waals surface area contributed by atoms with Crippen molar-refractivity contribution in [2.24, 2.45) is 0 Å². The molecule has 1 aromatic carbocycles. The maximum Gasteiger partial charge on any atom is 0.114 e. The van der Waals surface area contributed by atoms with Gasteiger partial charge >= 0.3 is 0 Å². The molecule has 1 aliphatic rings. The van der Waals surface area contributed by atoms with E-state index in [9.17, 15) is 0 Å². The fourth-order valence-electron chi connectivity index (χ4n) is 1.60. The van der Waals surface area contributed by atoms with Crippen molar-refractivity contribution >= 4 is 0 Å². The van der Waals surface area contributed by atoms with Crippen molar-refractivity contribution in [3.05, 3.63) is 35.4 Å². The molecule has 76 valence electrons. The van der Waals surface area contributed by atoms with Crippen LogP contribution in [-0.4, -0.2) is 6.61 Å². The zero-order chi connectivity index (χ0) is 10.4. The number of hydrogen-bond donors (Lipinski definition) is 0. The lowest BCUT2D eigenvalue weighted by Crippen LogP contribution is -2.11. The van der Waals surface area contributed by atoms with Gasteiger partial charge in [0.1, 0.15) is 5.60 Å². The first kappa shape index (κ1) is 9.72. The molecule has 1 heterocycles. The first-order valence-electron chi connectivity index (χ1n) is 5.17. The third kappa shape index (κ3) is 1.69. The van der Waals surface area contributed by atoms with Crippen molar-refractivity contribution < 1.29 is 4.74 Å². The predicted octanol–water partition coefficient (Wildman–Crippen LogP) is 3.23. The molecule has 0 radical (unpaired) electrons. The van der Waals surface area contributed by atoms with E-state index in [1.807, 2.05) is 0 Å². The van der Waals surface area contributed by atoms with Crippen LogP contribution in [0.25, 0.3) is 0 Å². The second-order valence-electron chi connectivity index (χ2n) is 5.35. The maximum atomic E-state index is 5.41. The fraction of sp³-hybridized carbons (Fsp3) is 0.538. The lowest BCUT2D eigenvalue weighted by molar-refractivity contribution is 0.329. The van der Waals surface area contributed by atoms with E-state index in [1.165, 1.54) is 11.1 Å². The quantitative estimate of drug-likeness (QED) is 0.619. The van der Waals surface area contributed by atoms with Crippen LogP contribution in [-0.2, 0) is 15.8 Å². The van der Waals surface area contributed by atoms with E-state index in [4.69, 9.17) is 4.74 Å². The standard InChI is InChI=1S/C13H18O/c1-12(2,3)10-5-7-11(8-6-10)13(4)9-14-13/h5-8H,9H2,1-4H3. The van der Waals surface area contributed by atoms with Crippen molar-refractivity contribution in [2.75, 3.05) is 6.61 Å². The Bertz CT molecular complexity index is 301. The summed E-state index contributed by atoms with van der Waals surface area (Å²) in [6.07, 6.45) is 0. The summed E-state index contributed by atoms with van der Waals surface area (Å²) in [5.74, 6) is 0. The molecule has 1 aliphatic heterocycles. The van der Waals surface area contributed by atoms with E-state index in [1.54, 1.807) is 0 Å². The Hall–Kier alpha value is -0.820.